The van der Waals surface area contributed by atoms with Crippen molar-refractivity contribution in [3.8, 4) is 0 Å². The molecule has 38 heavy (non-hydrogen) atoms. The van der Waals surface area contributed by atoms with Gasteiger partial charge in [-0.3, -0.25) is 19.2 Å². The van der Waals surface area contributed by atoms with E-state index < -0.39 is 41.8 Å². The molecule has 0 aliphatic heterocycles. The number of benzene rings is 1. The Morgan fingerprint density at radius 2 is 1.58 bits per heavy atom. The Hall–Kier alpha value is -2.88. The predicted molar refractivity (Wildman–Crippen MR) is 150 cm³/mol. The van der Waals surface area contributed by atoms with Crippen molar-refractivity contribution in [3.63, 3.8) is 0 Å². The quantitative estimate of drug-likeness (QED) is 0.225. The van der Waals surface area contributed by atoms with Gasteiger partial charge in [0.1, 0.15) is 18.7 Å². The molecule has 0 saturated carbocycles. The normalized spacial score (nSPS) is 14.5. The van der Waals surface area contributed by atoms with Gasteiger partial charge in [-0.25, -0.2) is 4.79 Å². The second-order valence-electron chi connectivity index (χ2n) is 10.8. The minimum Gasteiger partial charge on any atom is -0.445 e. The zero-order chi connectivity index (χ0) is 28.9. The van der Waals surface area contributed by atoms with E-state index in [0.717, 1.165) is 5.56 Å². The van der Waals surface area contributed by atoms with Gasteiger partial charge in [0.15, 0.2) is 6.29 Å². The molecule has 0 aromatic heterocycles. The first-order chi connectivity index (χ1) is 17.8. The largest absolute Gasteiger partial charge is 0.445 e. The Kier molecular flexibility index (Phi) is 14.1. The highest BCUT2D eigenvalue weighted by atomic mass is 32.2. The maximum Gasteiger partial charge on any atom is 0.408 e. The standard InChI is InChI=1S/C28H43N3O6S/c1-8-19(4)24(26(35)29-21(14-18(2)3)23(33)15-32)31-25(34)22(17-38-28(5,6)7)30-27(36)37-16-20-12-10-9-11-13-20/h9-13,15,18-19,21-22,24H,8,14,16-17H2,1-7H3,(H,29,35)(H,30,36)(H,31,34)/t19-,21-,22-,24-/m0/s1. The van der Waals surface area contributed by atoms with Gasteiger partial charge in [-0.05, 0) is 23.8 Å². The van der Waals surface area contributed by atoms with Gasteiger partial charge in [0.05, 0.1) is 6.04 Å². The van der Waals surface area contributed by atoms with Crippen LogP contribution in [0.4, 0.5) is 4.79 Å². The lowest BCUT2D eigenvalue weighted by atomic mass is 9.96. The van der Waals surface area contributed by atoms with E-state index in [0.29, 0.717) is 12.8 Å². The molecular weight excluding hydrogens is 506 g/mol. The Labute approximate surface area is 230 Å². The van der Waals surface area contributed by atoms with Crippen molar-refractivity contribution in [2.45, 2.75) is 90.8 Å². The number of amides is 3. The van der Waals surface area contributed by atoms with Crippen molar-refractivity contribution in [2.24, 2.45) is 11.8 Å². The maximum absolute atomic E-state index is 13.4. The van der Waals surface area contributed by atoms with Crippen LogP contribution in [0.5, 0.6) is 0 Å². The number of ketones is 1. The number of ether oxygens (including phenoxy) is 1. The van der Waals surface area contributed by atoms with Crippen LogP contribution in [0.2, 0.25) is 0 Å². The molecule has 0 unspecified atom stereocenters. The Balaban J connectivity index is 3.02. The van der Waals surface area contributed by atoms with E-state index >= 15 is 0 Å². The molecule has 0 aliphatic carbocycles. The summed E-state index contributed by atoms with van der Waals surface area (Å²) in [5, 5.41) is 8.04. The number of carbonyl (C=O) groups is 5. The lowest BCUT2D eigenvalue weighted by Gasteiger charge is -2.29. The molecule has 0 fully saturated rings. The van der Waals surface area contributed by atoms with Gasteiger partial charge in [-0.2, -0.15) is 11.8 Å². The van der Waals surface area contributed by atoms with Crippen LogP contribution in [0.3, 0.4) is 0 Å². The van der Waals surface area contributed by atoms with E-state index in [4.69, 9.17) is 4.74 Å². The summed E-state index contributed by atoms with van der Waals surface area (Å²) >= 11 is 1.49. The summed E-state index contributed by atoms with van der Waals surface area (Å²) < 4.78 is 5.12. The summed E-state index contributed by atoms with van der Waals surface area (Å²) in [6.45, 7) is 13.5. The van der Waals surface area contributed by atoms with Crippen LogP contribution in [-0.4, -0.2) is 58.6 Å². The SMILES string of the molecule is CC[C@H](C)[C@H](NC(=O)[C@H](CSC(C)(C)C)NC(=O)OCc1ccccc1)C(=O)N[C@@H](CC(C)C)C(=O)C=O. The lowest BCUT2D eigenvalue weighted by molar-refractivity contribution is -0.135. The van der Waals surface area contributed by atoms with Crippen molar-refractivity contribution < 1.29 is 28.7 Å². The first-order valence-corrected chi connectivity index (χ1v) is 14.0. The Morgan fingerprint density at radius 1 is 0.947 bits per heavy atom. The van der Waals surface area contributed by atoms with E-state index in [2.05, 4.69) is 16.0 Å². The zero-order valence-corrected chi connectivity index (χ0v) is 24.4. The molecule has 0 heterocycles. The first-order valence-electron chi connectivity index (χ1n) is 13.0. The molecule has 0 aliphatic rings. The minimum atomic E-state index is -0.971. The number of nitrogens with one attached hydrogen (secondary N) is 3. The third-order valence-electron chi connectivity index (χ3n) is 5.78. The van der Waals surface area contributed by atoms with Crippen molar-refractivity contribution in [3.05, 3.63) is 35.9 Å². The fourth-order valence-corrected chi connectivity index (χ4v) is 4.34. The van der Waals surface area contributed by atoms with Crippen LogP contribution in [0.1, 0.15) is 66.9 Å². The molecule has 3 N–H and O–H groups in total. The van der Waals surface area contributed by atoms with Crippen molar-refractivity contribution in [1.29, 1.82) is 0 Å². The van der Waals surface area contributed by atoms with Gasteiger partial charge in [-0.15, -0.1) is 0 Å². The number of rotatable bonds is 15. The molecule has 1 aromatic carbocycles. The fraction of sp³-hybridized carbons (Fsp3) is 0.607. The first kappa shape index (κ1) is 33.1. The summed E-state index contributed by atoms with van der Waals surface area (Å²) in [6, 6.07) is 6.27. The molecule has 9 nitrogen and oxygen atoms in total. The minimum absolute atomic E-state index is 0.0489. The molecule has 0 spiro atoms. The van der Waals surface area contributed by atoms with Gasteiger partial charge >= 0.3 is 6.09 Å². The van der Waals surface area contributed by atoms with Crippen molar-refractivity contribution >= 4 is 41.7 Å². The number of Topliss-reactive ketones (excluding diaryl/α,β-unsaturated/α-hetero) is 1. The van der Waals surface area contributed by atoms with Gasteiger partial charge in [-0.1, -0.05) is 85.2 Å². The van der Waals surface area contributed by atoms with Crippen LogP contribution in [0, 0.1) is 11.8 Å². The Morgan fingerprint density at radius 3 is 2.11 bits per heavy atom. The van der Waals surface area contributed by atoms with Gasteiger partial charge in [0, 0.05) is 10.5 Å². The maximum atomic E-state index is 13.4. The van der Waals surface area contributed by atoms with Crippen LogP contribution in [0.25, 0.3) is 0 Å². The number of thioether (sulfide) groups is 1. The molecule has 0 saturated heterocycles. The number of aldehydes is 1. The third kappa shape index (κ3) is 12.6. The average Bonchev–Trinajstić information content (AvgIpc) is 2.86. The van der Waals surface area contributed by atoms with Crippen molar-refractivity contribution in [1.82, 2.24) is 16.0 Å². The van der Waals surface area contributed by atoms with Crippen molar-refractivity contribution in [2.75, 3.05) is 5.75 Å². The van der Waals surface area contributed by atoms with Crippen LogP contribution < -0.4 is 16.0 Å². The van der Waals surface area contributed by atoms with Crippen LogP contribution in [-0.2, 0) is 30.5 Å². The summed E-state index contributed by atoms with van der Waals surface area (Å²) in [7, 11) is 0. The molecular formula is C28H43N3O6S. The van der Waals surface area contributed by atoms with E-state index in [9.17, 15) is 24.0 Å². The highest BCUT2D eigenvalue weighted by Crippen LogP contribution is 2.24. The predicted octanol–water partition coefficient (Wildman–Crippen LogP) is 3.64. The highest BCUT2D eigenvalue weighted by molar-refractivity contribution is 8.00. The number of hydrogen-bond donors (Lipinski definition) is 3. The number of carbonyl (C=O) groups excluding carboxylic acids is 5. The van der Waals surface area contributed by atoms with E-state index in [1.165, 1.54) is 11.8 Å². The molecule has 212 valence electrons. The van der Waals surface area contributed by atoms with E-state index in [1.54, 1.807) is 0 Å². The van der Waals surface area contributed by atoms with Gasteiger partial charge in [0.2, 0.25) is 17.6 Å². The van der Waals surface area contributed by atoms with E-state index in [-0.39, 0.29) is 35.2 Å². The molecule has 1 aromatic rings. The molecule has 1 rings (SSSR count). The second kappa shape index (κ2) is 16.2. The molecule has 3 amide bonds. The second-order valence-corrected chi connectivity index (χ2v) is 12.6. The molecule has 0 radical (unpaired) electrons. The summed E-state index contributed by atoms with van der Waals surface area (Å²) in [5.74, 6) is -1.77. The topological polar surface area (TPSA) is 131 Å². The highest BCUT2D eigenvalue weighted by Gasteiger charge is 2.33. The molecule has 4 atom stereocenters. The van der Waals surface area contributed by atoms with Gasteiger partial charge < -0.3 is 20.7 Å². The monoisotopic (exact) mass is 549 g/mol. The Bertz CT molecular complexity index is 932. The fourth-order valence-electron chi connectivity index (χ4n) is 3.44. The van der Waals surface area contributed by atoms with Crippen LogP contribution >= 0.6 is 11.8 Å². The zero-order valence-electron chi connectivity index (χ0n) is 23.5. The summed E-state index contributed by atoms with van der Waals surface area (Å²) in [6.07, 6.45) is 0.323. The lowest BCUT2D eigenvalue weighted by Crippen LogP contribution is -2.58. The molecule has 10 heteroatoms. The summed E-state index contributed by atoms with van der Waals surface area (Å²) in [4.78, 5) is 62.3. The average molecular weight is 550 g/mol. The number of alkyl carbamates (subject to hydrolysis) is 1. The summed E-state index contributed by atoms with van der Waals surface area (Å²) in [5.41, 5.74) is 0.807. The number of hydrogen-bond acceptors (Lipinski definition) is 7. The van der Waals surface area contributed by atoms with Crippen LogP contribution in [0.15, 0.2) is 30.3 Å². The third-order valence-corrected chi connectivity index (χ3v) is 7.15. The molecule has 0 bridgehead atoms. The smallest absolute Gasteiger partial charge is 0.408 e. The van der Waals surface area contributed by atoms with Gasteiger partial charge in [0.25, 0.3) is 0 Å². The van der Waals surface area contributed by atoms with E-state index in [1.807, 2.05) is 78.8 Å².